The second-order valence-corrected chi connectivity index (χ2v) is 4.51. The molecule has 0 atom stereocenters. The van der Waals surface area contributed by atoms with E-state index in [9.17, 15) is 9.59 Å². The third-order valence-electron chi connectivity index (χ3n) is 2.82. The number of nitrogens with one attached hydrogen (secondary N) is 1. The summed E-state index contributed by atoms with van der Waals surface area (Å²) in [5.74, 6) is -1.05. The van der Waals surface area contributed by atoms with Crippen molar-refractivity contribution >= 4 is 17.7 Å². The van der Waals surface area contributed by atoms with Crippen LogP contribution in [0.1, 0.15) is 22.2 Å². The lowest BCUT2D eigenvalue weighted by molar-refractivity contribution is -0.0435. The smallest absolute Gasteiger partial charge is 0.335 e. The summed E-state index contributed by atoms with van der Waals surface area (Å²) in [5, 5.41) is 11.7. The van der Waals surface area contributed by atoms with Gasteiger partial charge < -0.3 is 24.8 Å². The van der Waals surface area contributed by atoms with E-state index < -0.39 is 12.3 Å². The van der Waals surface area contributed by atoms with E-state index in [0.717, 1.165) is 0 Å². The Kier molecular flexibility index (Phi) is 4.21. The second kappa shape index (κ2) is 5.89. The molecule has 1 aliphatic heterocycles. The fraction of sp³-hybridized carbons (Fsp3) is 0.385. The highest BCUT2D eigenvalue weighted by atomic mass is 16.7. The van der Waals surface area contributed by atoms with Crippen molar-refractivity contribution in [3.63, 3.8) is 0 Å². The van der Waals surface area contributed by atoms with E-state index in [1.165, 1.54) is 23.1 Å². The highest BCUT2D eigenvalue weighted by Gasteiger charge is 2.23. The van der Waals surface area contributed by atoms with Gasteiger partial charge in [-0.1, -0.05) is 0 Å². The fourth-order valence-corrected chi connectivity index (χ4v) is 1.77. The molecule has 1 heterocycles. The predicted molar refractivity (Wildman–Crippen MR) is 70.8 cm³/mol. The Balaban J connectivity index is 2.34. The Morgan fingerprint density at radius 3 is 2.50 bits per heavy atom. The van der Waals surface area contributed by atoms with Crippen LogP contribution in [0.4, 0.5) is 10.5 Å². The Labute approximate surface area is 116 Å². The van der Waals surface area contributed by atoms with Gasteiger partial charge in [0.25, 0.3) is 0 Å². The van der Waals surface area contributed by atoms with Gasteiger partial charge in [-0.3, -0.25) is 0 Å². The van der Waals surface area contributed by atoms with Gasteiger partial charge in [0.05, 0.1) is 24.5 Å². The maximum Gasteiger partial charge on any atom is 0.335 e. The maximum absolute atomic E-state index is 11.7. The summed E-state index contributed by atoms with van der Waals surface area (Å²) in [6, 6.07) is 4.09. The number of ether oxygens (including phenoxy) is 2. The fourth-order valence-electron chi connectivity index (χ4n) is 1.77. The van der Waals surface area contributed by atoms with Crippen LogP contribution in [-0.2, 0) is 9.47 Å². The van der Waals surface area contributed by atoms with Crippen LogP contribution in [0.2, 0.25) is 0 Å². The normalized spacial score (nSPS) is 15.1. The molecule has 2 rings (SSSR count). The Hall–Kier alpha value is -2.12. The highest BCUT2D eigenvalue weighted by Crippen LogP contribution is 2.30. The lowest BCUT2D eigenvalue weighted by atomic mass is 10.1. The summed E-state index contributed by atoms with van der Waals surface area (Å²) in [4.78, 5) is 24.1. The molecule has 7 nitrogen and oxygen atoms in total. The van der Waals surface area contributed by atoms with Crippen molar-refractivity contribution in [2.75, 3.05) is 32.6 Å². The van der Waals surface area contributed by atoms with Gasteiger partial charge >= 0.3 is 12.0 Å². The third kappa shape index (κ3) is 3.06. The molecule has 1 fully saturated rings. The first-order valence-electron chi connectivity index (χ1n) is 6.08. The third-order valence-corrected chi connectivity index (χ3v) is 2.82. The Morgan fingerprint density at radius 2 is 1.95 bits per heavy atom. The molecule has 20 heavy (non-hydrogen) atoms. The zero-order valence-corrected chi connectivity index (χ0v) is 11.3. The van der Waals surface area contributed by atoms with Gasteiger partial charge in [-0.2, -0.15) is 0 Å². The van der Waals surface area contributed by atoms with Crippen LogP contribution in [0.3, 0.4) is 0 Å². The van der Waals surface area contributed by atoms with Crippen LogP contribution in [0, 0.1) is 0 Å². The van der Waals surface area contributed by atoms with Gasteiger partial charge in [-0.25, -0.2) is 9.59 Å². The maximum atomic E-state index is 11.7. The van der Waals surface area contributed by atoms with Crippen molar-refractivity contribution < 1.29 is 24.2 Å². The Morgan fingerprint density at radius 1 is 1.30 bits per heavy atom. The number of benzene rings is 1. The zero-order chi connectivity index (χ0) is 14.7. The van der Waals surface area contributed by atoms with Crippen LogP contribution in [0.15, 0.2) is 18.2 Å². The minimum atomic E-state index is -1.05. The van der Waals surface area contributed by atoms with Gasteiger partial charge in [0.2, 0.25) is 0 Å². The first-order chi connectivity index (χ1) is 9.49. The van der Waals surface area contributed by atoms with E-state index in [4.69, 9.17) is 14.6 Å². The van der Waals surface area contributed by atoms with Gasteiger partial charge in [-0.05, 0) is 18.2 Å². The molecule has 0 radical (unpaired) electrons. The molecule has 1 aliphatic rings. The van der Waals surface area contributed by atoms with Crippen molar-refractivity contribution in [3.05, 3.63) is 29.3 Å². The Bertz CT molecular complexity index is 523. The predicted octanol–water partition coefficient (Wildman–Crippen LogP) is 1.52. The topological polar surface area (TPSA) is 88.1 Å². The number of anilines is 1. The summed E-state index contributed by atoms with van der Waals surface area (Å²) < 4.78 is 10.8. The number of hydrogen-bond donors (Lipinski definition) is 2. The molecule has 108 valence electrons. The molecule has 0 unspecified atom stereocenters. The molecular weight excluding hydrogens is 264 g/mol. The number of carbonyl (C=O) groups is 2. The molecule has 0 bridgehead atoms. The number of aromatic carboxylic acids is 1. The molecule has 7 heteroatoms. The van der Waals surface area contributed by atoms with Gasteiger partial charge in [0.1, 0.15) is 0 Å². The van der Waals surface area contributed by atoms with Crippen LogP contribution >= 0.6 is 0 Å². The highest BCUT2D eigenvalue weighted by molar-refractivity contribution is 5.92. The van der Waals surface area contributed by atoms with E-state index in [-0.39, 0.29) is 11.6 Å². The summed E-state index contributed by atoms with van der Waals surface area (Å²) in [5.41, 5.74) is 1.08. The summed E-state index contributed by atoms with van der Waals surface area (Å²) in [6.45, 7) is 0.867. The van der Waals surface area contributed by atoms with Crippen molar-refractivity contribution in [2.45, 2.75) is 6.29 Å². The standard InChI is InChI=1S/C13H16N2O5/c1-15(2)13(18)14-10-4-3-8(11(16)17)7-9(10)12-19-5-6-20-12/h3-4,7,12H,5-6H2,1-2H3,(H,14,18)(H,16,17). The molecule has 1 aromatic rings. The van der Waals surface area contributed by atoms with E-state index in [1.807, 2.05) is 0 Å². The van der Waals surface area contributed by atoms with Crippen molar-refractivity contribution in [2.24, 2.45) is 0 Å². The van der Waals surface area contributed by atoms with Crippen molar-refractivity contribution in [3.8, 4) is 0 Å². The van der Waals surface area contributed by atoms with E-state index in [0.29, 0.717) is 24.5 Å². The number of carbonyl (C=O) groups excluding carboxylic acids is 1. The number of amides is 2. The number of nitrogens with zero attached hydrogens (tertiary/aromatic N) is 1. The number of hydrogen-bond acceptors (Lipinski definition) is 4. The van der Waals surface area contributed by atoms with Gasteiger partial charge in [0, 0.05) is 19.7 Å². The molecular formula is C13H16N2O5. The van der Waals surface area contributed by atoms with Gasteiger partial charge in [-0.15, -0.1) is 0 Å². The van der Waals surface area contributed by atoms with E-state index in [2.05, 4.69) is 5.32 Å². The number of urea groups is 1. The van der Waals surface area contributed by atoms with Crippen molar-refractivity contribution in [1.82, 2.24) is 4.90 Å². The van der Waals surface area contributed by atoms with E-state index >= 15 is 0 Å². The molecule has 0 spiro atoms. The first kappa shape index (κ1) is 14.3. The minimum Gasteiger partial charge on any atom is -0.478 e. The molecule has 0 saturated carbocycles. The quantitative estimate of drug-likeness (QED) is 0.876. The van der Waals surface area contributed by atoms with Gasteiger partial charge in [0.15, 0.2) is 6.29 Å². The summed E-state index contributed by atoms with van der Waals surface area (Å²) >= 11 is 0. The second-order valence-electron chi connectivity index (χ2n) is 4.51. The summed E-state index contributed by atoms with van der Waals surface area (Å²) in [6.07, 6.45) is -0.660. The van der Waals surface area contributed by atoms with Crippen LogP contribution < -0.4 is 5.32 Å². The monoisotopic (exact) mass is 280 g/mol. The number of carboxylic acid groups (broad SMARTS) is 1. The molecule has 0 aliphatic carbocycles. The van der Waals surface area contributed by atoms with Crippen LogP contribution in [0.25, 0.3) is 0 Å². The first-order valence-corrected chi connectivity index (χ1v) is 6.08. The summed E-state index contributed by atoms with van der Waals surface area (Å²) in [7, 11) is 3.23. The number of carboxylic acids is 1. The van der Waals surface area contributed by atoms with Crippen LogP contribution in [0.5, 0.6) is 0 Å². The minimum absolute atomic E-state index is 0.113. The SMILES string of the molecule is CN(C)C(=O)Nc1ccc(C(=O)O)cc1C1OCCO1. The largest absolute Gasteiger partial charge is 0.478 e. The number of rotatable bonds is 3. The lowest BCUT2D eigenvalue weighted by Crippen LogP contribution is -2.28. The van der Waals surface area contributed by atoms with Crippen molar-refractivity contribution in [1.29, 1.82) is 0 Å². The molecule has 1 aromatic carbocycles. The average Bonchev–Trinajstić information content (AvgIpc) is 2.92. The molecule has 2 N–H and O–H groups in total. The molecule has 2 amide bonds. The lowest BCUT2D eigenvalue weighted by Gasteiger charge is -2.18. The van der Waals surface area contributed by atoms with Crippen LogP contribution in [-0.4, -0.2) is 49.3 Å². The molecule has 1 saturated heterocycles. The zero-order valence-electron chi connectivity index (χ0n) is 11.3. The molecule has 0 aromatic heterocycles. The van der Waals surface area contributed by atoms with E-state index in [1.54, 1.807) is 14.1 Å². The average molecular weight is 280 g/mol.